The van der Waals surface area contributed by atoms with E-state index >= 15 is 0 Å². The van der Waals surface area contributed by atoms with Gasteiger partial charge >= 0.3 is 0 Å². The van der Waals surface area contributed by atoms with Crippen molar-refractivity contribution in [3.63, 3.8) is 0 Å². The Kier molecular flexibility index (Phi) is 6.81. The maximum atomic E-state index is 5.67. The van der Waals surface area contributed by atoms with Gasteiger partial charge in [0.25, 0.3) is 0 Å². The van der Waals surface area contributed by atoms with Crippen molar-refractivity contribution >= 4 is 5.96 Å². The molecule has 0 atom stereocenters. The first kappa shape index (κ1) is 16.4. The van der Waals surface area contributed by atoms with Gasteiger partial charge in [-0.1, -0.05) is 31.2 Å². The van der Waals surface area contributed by atoms with E-state index in [1.54, 1.807) is 0 Å². The maximum Gasteiger partial charge on any atom is 0.191 e. The second kappa shape index (κ2) is 9.13. The summed E-state index contributed by atoms with van der Waals surface area (Å²) in [5.41, 5.74) is 1.28. The largest absolute Gasteiger partial charge is 0.494 e. The molecule has 1 aromatic carbocycles. The van der Waals surface area contributed by atoms with Crippen molar-refractivity contribution in [2.24, 2.45) is 4.99 Å². The van der Waals surface area contributed by atoms with E-state index in [-0.39, 0.29) is 0 Å². The molecule has 2 N–H and O–H groups in total. The number of aliphatic imine (C=N–C) groups is 1. The standard InChI is InChI=1S/C18H27N3O/c1-3-13-22-17-10-6-7-15(14-17)11-12-20-18(19-2)21-16-8-4-5-9-16/h4-7,10,14,16H,3,8-9,11-13H2,1-2H3,(H2,19,20,21). The van der Waals surface area contributed by atoms with Crippen LogP contribution in [0.25, 0.3) is 0 Å². The van der Waals surface area contributed by atoms with Crippen molar-refractivity contribution in [2.45, 2.75) is 38.6 Å². The predicted octanol–water partition coefficient (Wildman–Crippen LogP) is 2.90. The highest BCUT2D eigenvalue weighted by atomic mass is 16.5. The SMILES string of the molecule is CCCOc1cccc(CCNC(=NC)NC2CC=CC2)c1. The van der Waals surface area contributed by atoms with E-state index in [9.17, 15) is 0 Å². The predicted molar refractivity (Wildman–Crippen MR) is 92.6 cm³/mol. The molecule has 0 radical (unpaired) electrons. The minimum absolute atomic E-state index is 0.483. The second-order valence-corrected chi connectivity index (χ2v) is 5.53. The van der Waals surface area contributed by atoms with Crippen molar-refractivity contribution in [3.8, 4) is 5.75 Å². The molecule has 2 rings (SSSR count). The number of guanidine groups is 1. The van der Waals surface area contributed by atoms with Gasteiger partial charge in [-0.05, 0) is 43.4 Å². The van der Waals surface area contributed by atoms with E-state index in [2.05, 4.69) is 52.9 Å². The van der Waals surface area contributed by atoms with Gasteiger partial charge in [-0.3, -0.25) is 4.99 Å². The lowest BCUT2D eigenvalue weighted by Gasteiger charge is -2.17. The topological polar surface area (TPSA) is 45.6 Å². The fraction of sp³-hybridized carbons (Fsp3) is 0.500. The summed E-state index contributed by atoms with van der Waals surface area (Å²) in [5, 5.41) is 6.82. The summed E-state index contributed by atoms with van der Waals surface area (Å²) in [6.07, 6.45) is 8.57. The van der Waals surface area contributed by atoms with Crippen molar-refractivity contribution in [1.29, 1.82) is 0 Å². The smallest absolute Gasteiger partial charge is 0.191 e. The Morgan fingerprint density at radius 1 is 1.32 bits per heavy atom. The molecule has 0 aliphatic heterocycles. The molecular formula is C18H27N3O. The third kappa shape index (κ3) is 5.43. The van der Waals surface area contributed by atoms with Gasteiger partial charge in [0.2, 0.25) is 0 Å². The molecule has 0 amide bonds. The van der Waals surface area contributed by atoms with E-state index in [1.165, 1.54) is 5.56 Å². The Morgan fingerprint density at radius 2 is 2.14 bits per heavy atom. The summed E-state index contributed by atoms with van der Waals surface area (Å²) in [4.78, 5) is 4.28. The molecule has 0 heterocycles. The number of nitrogens with zero attached hydrogens (tertiary/aromatic N) is 1. The van der Waals surface area contributed by atoms with Crippen LogP contribution in [-0.4, -0.2) is 32.2 Å². The maximum absolute atomic E-state index is 5.67. The summed E-state index contributed by atoms with van der Waals surface area (Å²) in [7, 11) is 1.82. The zero-order valence-electron chi connectivity index (χ0n) is 13.6. The minimum Gasteiger partial charge on any atom is -0.494 e. The number of ether oxygens (including phenoxy) is 1. The summed E-state index contributed by atoms with van der Waals surface area (Å²) in [6, 6.07) is 8.81. The first-order valence-electron chi connectivity index (χ1n) is 8.15. The van der Waals surface area contributed by atoms with Crippen LogP contribution >= 0.6 is 0 Å². The molecule has 4 nitrogen and oxygen atoms in total. The first-order chi connectivity index (χ1) is 10.8. The van der Waals surface area contributed by atoms with Crippen molar-refractivity contribution in [1.82, 2.24) is 10.6 Å². The fourth-order valence-electron chi connectivity index (χ4n) is 2.46. The summed E-state index contributed by atoms with van der Waals surface area (Å²) >= 11 is 0. The quantitative estimate of drug-likeness (QED) is 0.462. The Labute approximate surface area is 133 Å². The van der Waals surface area contributed by atoms with Gasteiger partial charge in [-0.25, -0.2) is 0 Å². The molecule has 0 saturated heterocycles. The average molecular weight is 301 g/mol. The first-order valence-corrected chi connectivity index (χ1v) is 8.15. The zero-order chi connectivity index (χ0) is 15.6. The highest BCUT2D eigenvalue weighted by Crippen LogP contribution is 2.14. The molecule has 1 aliphatic carbocycles. The molecule has 120 valence electrons. The van der Waals surface area contributed by atoms with Crippen molar-refractivity contribution in [2.75, 3.05) is 20.2 Å². The molecular weight excluding hydrogens is 274 g/mol. The van der Waals surface area contributed by atoms with Gasteiger partial charge in [0, 0.05) is 19.6 Å². The summed E-state index contributed by atoms with van der Waals surface area (Å²) in [6.45, 7) is 3.75. The summed E-state index contributed by atoms with van der Waals surface area (Å²) in [5.74, 6) is 1.84. The summed E-state index contributed by atoms with van der Waals surface area (Å²) < 4.78 is 5.67. The molecule has 1 aliphatic rings. The van der Waals surface area contributed by atoms with Crippen molar-refractivity contribution < 1.29 is 4.74 Å². The Hall–Kier alpha value is -1.97. The zero-order valence-corrected chi connectivity index (χ0v) is 13.6. The molecule has 0 unspecified atom stereocenters. The van der Waals surface area contributed by atoms with E-state index in [0.29, 0.717) is 6.04 Å². The van der Waals surface area contributed by atoms with E-state index in [1.807, 2.05) is 13.1 Å². The van der Waals surface area contributed by atoms with E-state index in [4.69, 9.17) is 4.74 Å². The van der Waals surface area contributed by atoms with Crippen LogP contribution in [0.5, 0.6) is 5.75 Å². The Bertz CT molecular complexity index is 503. The lowest BCUT2D eigenvalue weighted by molar-refractivity contribution is 0.317. The van der Waals surface area contributed by atoms with Crippen LogP contribution < -0.4 is 15.4 Å². The lowest BCUT2D eigenvalue weighted by atomic mass is 10.1. The number of rotatable bonds is 7. The number of hydrogen-bond donors (Lipinski definition) is 2. The van der Waals surface area contributed by atoms with E-state index < -0.39 is 0 Å². The highest BCUT2D eigenvalue weighted by Gasteiger charge is 2.11. The normalized spacial score (nSPS) is 15.1. The van der Waals surface area contributed by atoms with Crippen LogP contribution in [-0.2, 0) is 6.42 Å². The molecule has 22 heavy (non-hydrogen) atoms. The monoisotopic (exact) mass is 301 g/mol. The Balaban J connectivity index is 1.74. The molecule has 1 aromatic rings. The van der Waals surface area contributed by atoms with Crippen LogP contribution in [0.15, 0.2) is 41.4 Å². The molecule has 0 aromatic heterocycles. The highest BCUT2D eigenvalue weighted by molar-refractivity contribution is 5.80. The molecule has 0 bridgehead atoms. The molecule has 0 saturated carbocycles. The van der Waals surface area contributed by atoms with Crippen LogP contribution in [0.3, 0.4) is 0 Å². The van der Waals surface area contributed by atoms with Gasteiger partial charge in [-0.2, -0.15) is 0 Å². The number of benzene rings is 1. The molecule has 0 fully saturated rings. The average Bonchev–Trinajstić information content (AvgIpc) is 3.05. The number of hydrogen-bond acceptors (Lipinski definition) is 2. The van der Waals surface area contributed by atoms with Crippen LogP contribution in [0, 0.1) is 0 Å². The van der Waals surface area contributed by atoms with Gasteiger partial charge in [0.05, 0.1) is 6.61 Å². The minimum atomic E-state index is 0.483. The van der Waals surface area contributed by atoms with Crippen LogP contribution in [0.4, 0.5) is 0 Å². The third-order valence-corrected chi connectivity index (χ3v) is 3.65. The van der Waals surface area contributed by atoms with Gasteiger partial charge in [-0.15, -0.1) is 0 Å². The van der Waals surface area contributed by atoms with Crippen LogP contribution in [0.2, 0.25) is 0 Å². The third-order valence-electron chi connectivity index (χ3n) is 3.65. The lowest BCUT2D eigenvalue weighted by Crippen LogP contribution is -2.43. The second-order valence-electron chi connectivity index (χ2n) is 5.53. The van der Waals surface area contributed by atoms with Gasteiger partial charge in [0.1, 0.15) is 5.75 Å². The van der Waals surface area contributed by atoms with Crippen molar-refractivity contribution in [3.05, 3.63) is 42.0 Å². The fourth-order valence-corrected chi connectivity index (χ4v) is 2.46. The van der Waals surface area contributed by atoms with Gasteiger partial charge in [0.15, 0.2) is 5.96 Å². The van der Waals surface area contributed by atoms with Gasteiger partial charge < -0.3 is 15.4 Å². The number of nitrogens with one attached hydrogen (secondary N) is 2. The molecule has 4 heteroatoms. The van der Waals surface area contributed by atoms with Crippen LogP contribution in [0.1, 0.15) is 31.7 Å². The molecule has 0 spiro atoms. The van der Waals surface area contributed by atoms with E-state index in [0.717, 1.165) is 50.5 Å². The Morgan fingerprint density at radius 3 is 2.86 bits per heavy atom.